The fourth-order valence-electron chi connectivity index (χ4n) is 2.30. The van der Waals surface area contributed by atoms with Gasteiger partial charge >= 0.3 is 0 Å². The summed E-state index contributed by atoms with van der Waals surface area (Å²) < 4.78 is 7.47. The van der Waals surface area contributed by atoms with Crippen LogP contribution in [0.5, 0.6) is 5.75 Å². The zero-order valence-corrected chi connectivity index (χ0v) is 17.0. The Morgan fingerprint density at radius 2 is 1.96 bits per heavy atom. The molecular formula is C19H16BrNO2S2. The molecule has 1 amide bonds. The van der Waals surface area contributed by atoms with Gasteiger partial charge in [-0.05, 0) is 36.8 Å². The molecule has 2 aromatic rings. The van der Waals surface area contributed by atoms with Crippen LogP contribution in [0.3, 0.4) is 0 Å². The van der Waals surface area contributed by atoms with E-state index in [1.807, 2.05) is 24.3 Å². The molecule has 0 spiro atoms. The molecule has 0 N–H and O–H groups in total. The highest BCUT2D eigenvalue weighted by Crippen LogP contribution is 2.34. The van der Waals surface area contributed by atoms with Crippen molar-refractivity contribution in [2.24, 2.45) is 0 Å². The van der Waals surface area contributed by atoms with Crippen LogP contribution in [0, 0.1) is 6.92 Å². The number of aryl methyl sites for hydroxylation is 1. The van der Waals surface area contributed by atoms with Crippen LogP contribution in [-0.4, -0.2) is 22.2 Å². The van der Waals surface area contributed by atoms with Gasteiger partial charge in [0.25, 0.3) is 5.91 Å². The lowest BCUT2D eigenvalue weighted by atomic mass is 10.1. The van der Waals surface area contributed by atoms with Crippen LogP contribution in [0.25, 0.3) is 6.08 Å². The van der Waals surface area contributed by atoms with Crippen LogP contribution in [0.1, 0.15) is 16.7 Å². The fourth-order valence-corrected chi connectivity index (χ4v) is 3.84. The topological polar surface area (TPSA) is 29.5 Å². The molecule has 1 heterocycles. The number of rotatable bonds is 4. The van der Waals surface area contributed by atoms with Gasteiger partial charge in [0.2, 0.25) is 0 Å². The van der Waals surface area contributed by atoms with Gasteiger partial charge in [0, 0.05) is 17.1 Å². The van der Waals surface area contributed by atoms with E-state index in [1.165, 1.54) is 22.2 Å². The van der Waals surface area contributed by atoms with E-state index < -0.39 is 0 Å². The normalized spacial score (nSPS) is 16.0. The third-order valence-electron chi connectivity index (χ3n) is 3.76. The van der Waals surface area contributed by atoms with Crippen molar-refractivity contribution in [1.29, 1.82) is 0 Å². The summed E-state index contributed by atoms with van der Waals surface area (Å²) in [6.07, 6.45) is 1.83. The summed E-state index contributed by atoms with van der Waals surface area (Å²) in [6.45, 7) is 2.53. The van der Waals surface area contributed by atoms with Gasteiger partial charge in [-0.25, -0.2) is 0 Å². The number of amides is 1. The fraction of sp³-hybridized carbons (Fsp3) is 0.158. The maximum absolute atomic E-state index is 12.2. The molecule has 0 unspecified atom stereocenters. The van der Waals surface area contributed by atoms with Crippen LogP contribution in [-0.2, 0) is 11.4 Å². The molecule has 0 radical (unpaired) electrons. The third-order valence-corrected chi connectivity index (χ3v) is 5.74. The Morgan fingerprint density at radius 3 is 2.60 bits per heavy atom. The van der Waals surface area contributed by atoms with Crippen molar-refractivity contribution in [1.82, 2.24) is 4.90 Å². The predicted molar refractivity (Wildman–Crippen MR) is 111 cm³/mol. The van der Waals surface area contributed by atoms with Crippen LogP contribution in [0.4, 0.5) is 0 Å². The highest BCUT2D eigenvalue weighted by Gasteiger charge is 2.28. The van der Waals surface area contributed by atoms with E-state index in [1.54, 1.807) is 7.05 Å². The minimum atomic E-state index is -0.0838. The molecule has 1 saturated heterocycles. The van der Waals surface area contributed by atoms with Gasteiger partial charge in [0.05, 0.1) is 4.91 Å². The summed E-state index contributed by atoms with van der Waals surface area (Å²) in [5.41, 5.74) is 3.16. The summed E-state index contributed by atoms with van der Waals surface area (Å²) in [5, 5.41) is 0. The second-order valence-electron chi connectivity index (χ2n) is 5.70. The Hall–Kier alpha value is -1.63. The number of halogens is 1. The molecule has 0 saturated carbocycles. The number of carbonyl (C=O) groups excluding carboxylic acids is 1. The number of thiocarbonyl (C=S) groups is 1. The van der Waals surface area contributed by atoms with Gasteiger partial charge in [-0.1, -0.05) is 69.7 Å². The van der Waals surface area contributed by atoms with E-state index in [-0.39, 0.29) is 5.91 Å². The predicted octanol–water partition coefficient (Wildman–Crippen LogP) is 5.17. The first-order valence-electron chi connectivity index (χ1n) is 7.63. The first kappa shape index (κ1) is 18.2. The molecule has 128 valence electrons. The second kappa shape index (κ2) is 7.72. The highest BCUT2D eigenvalue weighted by molar-refractivity contribution is 9.10. The van der Waals surface area contributed by atoms with Gasteiger partial charge in [0.1, 0.15) is 16.7 Å². The van der Waals surface area contributed by atoms with Gasteiger partial charge < -0.3 is 4.74 Å². The number of hydrogen-bond acceptors (Lipinski definition) is 4. The molecule has 1 fully saturated rings. The number of thioether (sulfide) groups is 1. The van der Waals surface area contributed by atoms with Crippen molar-refractivity contribution in [2.45, 2.75) is 13.5 Å². The first-order valence-corrected chi connectivity index (χ1v) is 9.65. The average molecular weight is 434 g/mol. The molecule has 25 heavy (non-hydrogen) atoms. The monoisotopic (exact) mass is 433 g/mol. The van der Waals surface area contributed by atoms with E-state index in [4.69, 9.17) is 17.0 Å². The van der Waals surface area contributed by atoms with E-state index in [0.29, 0.717) is 15.8 Å². The van der Waals surface area contributed by atoms with Crippen molar-refractivity contribution >= 4 is 56.2 Å². The number of likely N-dealkylation sites (N-methyl/N-ethyl adjacent to an activating group) is 1. The largest absolute Gasteiger partial charge is 0.488 e. The quantitative estimate of drug-likeness (QED) is 0.491. The van der Waals surface area contributed by atoms with Crippen LogP contribution >= 0.6 is 39.9 Å². The number of carbonyl (C=O) groups is 1. The smallest absolute Gasteiger partial charge is 0.265 e. The SMILES string of the molecule is Cc1ccc(COc2ccc(Br)cc2/C=C2/SC(=S)N(C)C2=O)cc1. The molecule has 1 aliphatic rings. The second-order valence-corrected chi connectivity index (χ2v) is 8.29. The number of ether oxygens (including phenoxy) is 1. The van der Waals surface area contributed by atoms with E-state index in [9.17, 15) is 4.79 Å². The summed E-state index contributed by atoms with van der Waals surface area (Å²) in [4.78, 5) is 14.3. The molecular weight excluding hydrogens is 418 g/mol. The summed E-state index contributed by atoms with van der Waals surface area (Å²) >= 11 is 9.96. The zero-order valence-electron chi connectivity index (χ0n) is 13.8. The molecule has 0 aromatic heterocycles. The lowest BCUT2D eigenvalue weighted by Gasteiger charge is -2.11. The zero-order chi connectivity index (χ0) is 18.0. The maximum atomic E-state index is 12.2. The summed E-state index contributed by atoms with van der Waals surface area (Å²) in [6, 6.07) is 14.0. The number of nitrogens with zero attached hydrogens (tertiary/aromatic N) is 1. The van der Waals surface area contributed by atoms with Gasteiger partial charge in [-0.15, -0.1) is 0 Å². The Morgan fingerprint density at radius 1 is 1.24 bits per heavy atom. The van der Waals surface area contributed by atoms with E-state index in [2.05, 4.69) is 47.1 Å². The van der Waals surface area contributed by atoms with Crippen molar-refractivity contribution in [2.75, 3.05) is 7.05 Å². The summed E-state index contributed by atoms with van der Waals surface area (Å²) in [5.74, 6) is 0.643. The lowest BCUT2D eigenvalue weighted by molar-refractivity contribution is -0.121. The van der Waals surface area contributed by atoms with Crippen LogP contribution in [0.15, 0.2) is 51.8 Å². The van der Waals surface area contributed by atoms with Gasteiger partial charge in [0.15, 0.2) is 0 Å². The standard InChI is InChI=1S/C19H16BrNO2S2/c1-12-3-5-13(6-4-12)11-23-16-8-7-15(20)9-14(16)10-17-18(22)21(2)19(24)25-17/h3-10H,11H2,1-2H3/b17-10+. The lowest BCUT2D eigenvalue weighted by Crippen LogP contribution is -2.22. The van der Waals surface area contributed by atoms with Crippen molar-refractivity contribution in [3.8, 4) is 5.75 Å². The molecule has 6 heteroatoms. The van der Waals surface area contributed by atoms with Gasteiger partial charge in [-0.2, -0.15) is 0 Å². The summed E-state index contributed by atoms with van der Waals surface area (Å²) in [7, 11) is 1.69. The molecule has 2 aromatic carbocycles. The Labute approximate surface area is 165 Å². The van der Waals surface area contributed by atoms with Crippen LogP contribution < -0.4 is 4.74 Å². The first-order chi connectivity index (χ1) is 11.9. The van der Waals surface area contributed by atoms with E-state index >= 15 is 0 Å². The molecule has 3 rings (SSSR count). The molecule has 1 aliphatic heterocycles. The Balaban J connectivity index is 1.84. The Kier molecular flexibility index (Phi) is 5.61. The maximum Gasteiger partial charge on any atom is 0.265 e. The molecule has 0 atom stereocenters. The molecule has 3 nitrogen and oxygen atoms in total. The minimum absolute atomic E-state index is 0.0838. The Bertz CT molecular complexity index is 862. The van der Waals surface area contributed by atoms with Crippen molar-refractivity contribution < 1.29 is 9.53 Å². The molecule has 0 aliphatic carbocycles. The minimum Gasteiger partial charge on any atom is -0.488 e. The number of hydrogen-bond donors (Lipinski definition) is 0. The van der Waals surface area contributed by atoms with Crippen molar-refractivity contribution in [3.63, 3.8) is 0 Å². The molecule has 0 bridgehead atoms. The average Bonchev–Trinajstić information content (AvgIpc) is 2.83. The van der Waals surface area contributed by atoms with E-state index in [0.717, 1.165) is 21.3 Å². The van der Waals surface area contributed by atoms with Gasteiger partial charge in [-0.3, -0.25) is 9.69 Å². The van der Waals surface area contributed by atoms with Crippen molar-refractivity contribution in [3.05, 3.63) is 68.5 Å². The highest BCUT2D eigenvalue weighted by atomic mass is 79.9. The number of benzene rings is 2. The van der Waals surface area contributed by atoms with Crippen LogP contribution in [0.2, 0.25) is 0 Å². The third kappa shape index (κ3) is 4.32.